The van der Waals surface area contributed by atoms with E-state index < -0.39 is 5.60 Å². The van der Waals surface area contributed by atoms with Crippen molar-refractivity contribution in [2.24, 2.45) is 0 Å². The van der Waals surface area contributed by atoms with Crippen LogP contribution in [0.25, 0.3) is 0 Å². The maximum absolute atomic E-state index is 9.65. The Balaban J connectivity index is 2.46. The molecule has 0 unspecified atom stereocenters. The van der Waals surface area contributed by atoms with Gasteiger partial charge in [-0.2, -0.15) is 0 Å². The van der Waals surface area contributed by atoms with E-state index in [1.807, 2.05) is 26.0 Å². The number of hydrogen-bond acceptors (Lipinski definition) is 2. The van der Waals surface area contributed by atoms with E-state index >= 15 is 0 Å². The molecular formula is C13H20BrNO. The van der Waals surface area contributed by atoms with Gasteiger partial charge in [0.1, 0.15) is 0 Å². The number of benzene rings is 1. The highest BCUT2D eigenvalue weighted by Gasteiger charge is 2.13. The zero-order chi connectivity index (χ0) is 12.2. The van der Waals surface area contributed by atoms with Gasteiger partial charge in [-0.25, -0.2) is 0 Å². The van der Waals surface area contributed by atoms with Crippen molar-refractivity contribution in [2.75, 3.05) is 13.6 Å². The van der Waals surface area contributed by atoms with Gasteiger partial charge >= 0.3 is 0 Å². The second-order valence-electron chi connectivity index (χ2n) is 4.89. The van der Waals surface area contributed by atoms with Gasteiger partial charge in [-0.3, -0.25) is 0 Å². The van der Waals surface area contributed by atoms with Crippen LogP contribution in [0.1, 0.15) is 25.8 Å². The molecule has 90 valence electrons. The third kappa shape index (κ3) is 5.10. The van der Waals surface area contributed by atoms with Crippen molar-refractivity contribution in [2.45, 2.75) is 32.4 Å². The summed E-state index contributed by atoms with van der Waals surface area (Å²) in [6.45, 7) is 5.49. The second-order valence-corrected chi connectivity index (χ2v) is 5.75. The SMILES string of the molecule is CN(CCC(C)(C)O)Cc1ccccc1Br. The van der Waals surface area contributed by atoms with Crippen LogP contribution in [-0.2, 0) is 6.54 Å². The van der Waals surface area contributed by atoms with Gasteiger partial charge in [0.15, 0.2) is 0 Å². The molecule has 2 nitrogen and oxygen atoms in total. The molecule has 0 atom stereocenters. The third-order valence-corrected chi connectivity index (χ3v) is 3.28. The minimum Gasteiger partial charge on any atom is -0.390 e. The topological polar surface area (TPSA) is 23.5 Å². The quantitative estimate of drug-likeness (QED) is 0.899. The highest BCUT2D eigenvalue weighted by atomic mass is 79.9. The van der Waals surface area contributed by atoms with Crippen molar-refractivity contribution in [3.05, 3.63) is 34.3 Å². The van der Waals surface area contributed by atoms with Crippen LogP contribution in [0.3, 0.4) is 0 Å². The molecule has 3 heteroatoms. The predicted molar refractivity (Wildman–Crippen MR) is 71.4 cm³/mol. The first-order valence-corrected chi connectivity index (χ1v) is 6.32. The standard InChI is InChI=1S/C13H20BrNO/c1-13(2,16)8-9-15(3)10-11-6-4-5-7-12(11)14/h4-7,16H,8-10H2,1-3H3. The molecule has 0 aliphatic rings. The molecule has 0 aromatic heterocycles. The third-order valence-electron chi connectivity index (χ3n) is 2.50. The van der Waals surface area contributed by atoms with Crippen molar-refractivity contribution < 1.29 is 5.11 Å². The summed E-state index contributed by atoms with van der Waals surface area (Å²) >= 11 is 3.54. The Bertz CT molecular complexity index is 333. The molecule has 0 saturated carbocycles. The summed E-state index contributed by atoms with van der Waals surface area (Å²) in [5.41, 5.74) is 0.697. The van der Waals surface area contributed by atoms with Gasteiger partial charge in [0, 0.05) is 17.6 Å². The number of rotatable bonds is 5. The fraction of sp³-hybridized carbons (Fsp3) is 0.538. The van der Waals surface area contributed by atoms with Crippen LogP contribution in [0.15, 0.2) is 28.7 Å². The van der Waals surface area contributed by atoms with Crippen molar-refractivity contribution in [3.63, 3.8) is 0 Å². The molecule has 0 fully saturated rings. The Hall–Kier alpha value is -0.380. The average molecular weight is 286 g/mol. The van der Waals surface area contributed by atoms with Crippen LogP contribution < -0.4 is 0 Å². The maximum Gasteiger partial charge on any atom is 0.0603 e. The highest BCUT2D eigenvalue weighted by Crippen LogP contribution is 2.18. The van der Waals surface area contributed by atoms with E-state index in [0.29, 0.717) is 0 Å². The van der Waals surface area contributed by atoms with Crippen molar-refractivity contribution in [3.8, 4) is 0 Å². The van der Waals surface area contributed by atoms with E-state index in [4.69, 9.17) is 0 Å². The van der Waals surface area contributed by atoms with E-state index in [-0.39, 0.29) is 0 Å². The Morgan fingerprint density at radius 1 is 1.31 bits per heavy atom. The van der Waals surface area contributed by atoms with E-state index in [0.717, 1.165) is 24.0 Å². The molecule has 0 radical (unpaired) electrons. The Morgan fingerprint density at radius 2 is 1.94 bits per heavy atom. The first-order valence-electron chi connectivity index (χ1n) is 5.53. The van der Waals surface area contributed by atoms with Crippen LogP contribution in [0, 0.1) is 0 Å². The fourth-order valence-electron chi connectivity index (χ4n) is 1.46. The van der Waals surface area contributed by atoms with Crippen LogP contribution >= 0.6 is 15.9 Å². The van der Waals surface area contributed by atoms with E-state index in [1.165, 1.54) is 5.56 Å². The van der Waals surface area contributed by atoms with Gasteiger partial charge in [0.25, 0.3) is 0 Å². The van der Waals surface area contributed by atoms with Crippen molar-refractivity contribution >= 4 is 15.9 Å². The number of nitrogens with zero attached hydrogens (tertiary/aromatic N) is 1. The molecule has 1 N–H and O–H groups in total. The van der Waals surface area contributed by atoms with E-state index in [9.17, 15) is 5.11 Å². The minimum absolute atomic E-state index is 0.581. The van der Waals surface area contributed by atoms with Gasteiger partial charge < -0.3 is 10.0 Å². The fourth-order valence-corrected chi connectivity index (χ4v) is 1.87. The molecule has 0 amide bonds. The Morgan fingerprint density at radius 3 is 2.50 bits per heavy atom. The van der Waals surface area contributed by atoms with Crippen molar-refractivity contribution in [1.29, 1.82) is 0 Å². The lowest BCUT2D eigenvalue weighted by molar-refractivity contribution is 0.0599. The second kappa shape index (κ2) is 5.80. The molecule has 0 aliphatic carbocycles. The first kappa shape index (κ1) is 13.7. The summed E-state index contributed by atoms with van der Waals surface area (Å²) in [5.74, 6) is 0. The highest BCUT2D eigenvalue weighted by molar-refractivity contribution is 9.10. The largest absolute Gasteiger partial charge is 0.390 e. The molecule has 1 rings (SSSR count). The van der Waals surface area contributed by atoms with Crippen LogP contribution in [0.5, 0.6) is 0 Å². The average Bonchev–Trinajstić information content (AvgIpc) is 2.18. The lowest BCUT2D eigenvalue weighted by Crippen LogP contribution is -2.28. The zero-order valence-corrected chi connectivity index (χ0v) is 11.8. The molecule has 1 aromatic rings. The molecular weight excluding hydrogens is 266 g/mol. The van der Waals surface area contributed by atoms with Gasteiger partial charge in [0.05, 0.1) is 5.60 Å². The molecule has 0 bridgehead atoms. The molecule has 16 heavy (non-hydrogen) atoms. The van der Waals surface area contributed by atoms with Gasteiger partial charge in [0.2, 0.25) is 0 Å². The Labute approximate surface area is 106 Å². The monoisotopic (exact) mass is 285 g/mol. The van der Waals surface area contributed by atoms with Crippen LogP contribution in [0.4, 0.5) is 0 Å². The van der Waals surface area contributed by atoms with Crippen LogP contribution in [-0.4, -0.2) is 29.2 Å². The molecule has 1 aromatic carbocycles. The number of halogens is 1. The lowest BCUT2D eigenvalue weighted by atomic mass is 10.1. The normalized spacial score (nSPS) is 12.1. The van der Waals surface area contributed by atoms with Gasteiger partial charge in [-0.05, 0) is 38.9 Å². The minimum atomic E-state index is -0.581. The number of aliphatic hydroxyl groups is 1. The van der Waals surface area contributed by atoms with E-state index in [1.54, 1.807) is 0 Å². The summed E-state index contributed by atoms with van der Waals surface area (Å²) in [7, 11) is 2.07. The molecule has 0 saturated heterocycles. The smallest absolute Gasteiger partial charge is 0.0603 e. The predicted octanol–water partition coefficient (Wildman–Crippen LogP) is 3.04. The van der Waals surface area contributed by atoms with E-state index in [2.05, 4.69) is 40.0 Å². The van der Waals surface area contributed by atoms with Gasteiger partial charge in [-0.15, -0.1) is 0 Å². The summed E-state index contributed by atoms with van der Waals surface area (Å²) in [6.07, 6.45) is 0.786. The summed E-state index contributed by atoms with van der Waals surface area (Å²) < 4.78 is 1.14. The Kier molecular flexibility index (Phi) is 4.96. The lowest BCUT2D eigenvalue weighted by Gasteiger charge is -2.23. The molecule has 0 spiro atoms. The first-order chi connectivity index (χ1) is 7.38. The van der Waals surface area contributed by atoms with Crippen molar-refractivity contribution in [1.82, 2.24) is 4.90 Å². The molecule has 0 heterocycles. The number of hydrogen-bond donors (Lipinski definition) is 1. The molecule has 0 aliphatic heterocycles. The van der Waals surface area contributed by atoms with Crippen LogP contribution in [0.2, 0.25) is 0 Å². The summed E-state index contributed by atoms with van der Waals surface area (Å²) in [5, 5.41) is 9.65. The summed E-state index contributed by atoms with van der Waals surface area (Å²) in [4.78, 5) is 2.22. The zero-order valence-electron chi connectivity index (χ0n) is 10.2. The van der Waals surface area contributed by atoms with Gasteiger partial charge in [-0.1, -0.05) is 34.1 Å². The summed E-state index contributed by atoms with van der Waals surface area (Å²) in [6, 6.07) is 8.23. The maximum atomic E-state index is 9.65.